The number of nitrogens with two attached hydrogens (primary N) is 1. The van der Waals surface area contributed by atoms with Crippen LogP contribution in [-0.4, -0.2) is 19.8 Å². The molecule has 4 rings (SSSR count). The summed E-state index contributed by atoms with van der Waals surface area (Å²) in [6.45, 7) is 3.40. The smallest absolute Gasteiger partial charge is 0.0462 e. The first-order chi connectivity index (χ1) is 8.55. The van der Waals surface area contributed by atoms with Crippen LogP contribution in [0.5, 0.6) is 0 Å². The summed E-state index contributed by atoms with van der Waals surface area (Å²) >= 11 is 0. The number of rotatable bonds is 5. The second-order valence-electron chi connectivity index (χ2n) is 7.88. The number of hydrogen-bond acceptors (Lipinski definition) is 2. The van der Waals surface area contributed by atoms with E-state index >= 15 is 0 Å². The van der Waals surface area contributed by atoms with Gasteiger partial charge in [-0.05, 0) is 74.0 Å². The highest BCUT2D eigenvalue weighted by molar-refractivity contribution is 5.09. The normalized spacial score (nSPS) is 47.5. The van der Waals surface area contributed by atoms with E-state index in [1.54, 1.807) is 7.11 Å². The van der Waals surface area contributed by atoms with Gasteiger partial charge in [-0.3, -0.25) is 0 Å². The fourth-order valence-electron chi connectivity index (χ4n) is 5.99. The molecular weight excluding hydrogens is 222 g/mol. The van der Waals surface area contributed by atoms with Gasteiger partial charge in [0, 0.05) is 19.8 Å². The van der Waals surface area contributed by atoms with Crippen LogP contribution in [0, 0.1) is 22.7 Å². The molecule has 0 radical (unpaired) electrons. The summed E-state index contributed by atoms with van der Waals surface area (Å²) in [5, 5.41) is 0. The lowest BCUT2D eigenvalue weighted by Crippen LogP contribution is -2.57. The molecule has 2 nitrogen and oxygen atoms in total. The van der Waals surface area contributed by atoms with Crippen molar-refractivity contribution >= 4 is 0 Å². The molecule has 104 valence electrons. The van der Waals surface area contributed by atoms with Gasteiger partial charge < -0.3 is 10.5 Å². The summed E-state index contributed by atoms with van der Waals surface area (Å²) in [6.07, 6.45) is 11.0. The molecule has 0 spiro atoms. The van der Waals surface area contributed by atoms with Gasteiger partial charge in [-0.2, -0.15) is 0 Å². The Hall–Kier alpha value is -0.0800. The predicted molar refractivity (Wildman–Crippen MR) is 74.3 cm³/mol. The molecule has 0 saturated heterocycles. The zero-order valence-electron chi connectivity index (χ0n) is 12.1. The molecule has 0 amide bonds. The van der Waals surface area contributed by atoms with E-state index in [1.165, 1.54) is 38.5 Å². The van der Waals surface area contributed by atoms with Crippen molar-refractivity contribution in [1.82, 2.24) is 0 Å². The molecule has 0 aromatic rings. The van der Waals surface area contributed by atoms with Gasteiger partial charge in [0.25, 0.3) is 0 Å². The topological polar surface area (TPSA) is 35.2 Å². The Kier molecular flexibility index (Phi) is 3.22. The van der Waals surface area contributed by atoms with Crippen LogP contribution in [0.15, 0.2) is 0 Å². The van der Waals surface area contributed by atoms with E-state index in [0.717, 1.165) is 31.3 Å². The van der Waals surface area contributed by atoms with Crippen LogP contribution in [0.2, 0.25) is 0 Å². The zero-order valence-corrected chi connectivity index (χ0v) is 12.1. The van der Waals surface area contributed by atoms with Gasteiger partial charge in [0.05, 0.1) is 0 Å². The van der Waals surface area contributed by atoms with Gasteiger partial charge in [-0.1, -0.05) is 6.92 Å². The Bertz CT molecular complexity index is 300. The number of methoxy groups -OCH3 is 1. The molecule has 3 unspecified atom stereocenters. The van der Waals surface area contributed by atoms with E-state index in [4.69, 9.17) is 10.5 Å². The molecule has 4 aliphatic carbocycles. The van der Waals surface area contributed by atoms with Crippen molar-refractivity contribution in [3.05, 3.63) is 0 Å². The molecule has 2 N–H and O–H groups in total. The fraction of sp³-hybridized carbons (Fsp3) is 1.00. The van der Waals surface area contributed by atoms with Crippen molar-refractivity contribution in [2.45, 2.75) is 64.3 Å². The minimum atomic E-state index is 0.415. The summed E-state index contributed by atoms with van der Waals surface area (Å²) < 4.78 is 5.18. The Morgan fingerprint density at radius 2 is 1.89 bits per heavy atom. The van der Waals surface area contributed by atoms with Crippen LogP contribution < -0.4 is 5.73 Å². The van der Waals surface area contributed by atoms with Gasteiger partial charge in [-0.15, -0.1) is 0 Å². The van der Waals surface area contributed by atoms with Crippen LogP contribution in [-0.2, 0) is 4.74 Å². The standard InChI is InChI=1S/C16H29NO/c1-15-7-12-6-13(8-15)10-16(9-12,11-15)14(17)4-3-5-18-2/h12-14H,3-11,17H2,1-2H3. The van der Waals surface area contributed by atoms with Gasteiger partial charge in [0.1, 0.15) is 0 Å². The van der Waals surface area contributed by atoms with E-state index in [1.807, 2.05) is 0 Å². The minimum absolute atomic E-state index is 0.415. The van der Waals surface area contributed by atoms with Crippen molar-refractivity contribution in [2.24, 2.45) is 28.4 Å². The second-order valence-corrected chi connectivity index (χ2v) is 7.88. The number of ether oxygens (including phenoxy) is 1. The maximum atomic E-state index is 6.62. The van der Waals surface area contributed by atoms with Gasteiger partial charge in [-0.25, -0.2) is 0 Å². The quantitative estimate of drug-likeness (QED) is 0.761. The molecule has 0 aliphatic heterocycles. The van der Waals surface area contributed by atoms with Crippen LogP contribution in [0.1, 0.15) is 58.3 Å². The molecule has 4 saturated carbocycles. The van der Waals surface area contributed by atoms with Gasteiger partial charge >= 0.3 is 0 Å². The van der Waals surface area contributed by atoms with Crippen molar-refractivity contribution in [3.63, 3.8) is 0 Å². The first-order valence-electron chi connectivity index (χ1n) is 7.80. The average Bonchev–Trinajstić information content (AvgIpc) is 2.25. The highest BCUT2D eigenvalue weighted by atomic mass is 16.5. The lowest BCUT2D eigenvalue weighted by Gasteiger charge is -2.63. The van der Waals surface area contributed by atoms with Crippen LogP contribution >= 0.6 is 0 Å². The lowest BCUT2D eigenvalue weighted by atomic mass is 9.43. The largest absolute Gasteiger partial charge is 0.385 e. The van der Waals surface area contributed by atoms with Crippen LogP contribution in [0.25, 0.3) is 0 Å². The fourth-order valence-corrected chi connectivity index (χ4v) is 5.99. The summed E-state index contributed by atoms with van der Waals surface area (Å²) in [7, 11) is 1.79. The summed E-state index contributed by atoms with van der Waals surface area (Å²) in [5.41, 5.74) is 7.74. The molecule has 18 heavy (non-hydrogen) atoms. The van der Waals surface area contributed by atoms with Gasteiger partial charge in [0.2, 0.25) is 0 Å². The average molecular weight is 251 g/mol. The van der Waals surface area contributed by atoms with E-state index in [9.17, 15) is 0 Å². The zero-order chi connectivity index (χ0) is 12.8. The maximum Gasteiger partial charge on any atom is 0.0462 e. The van der Waals surface area contributed by atoms with E-state index < -0.39 is 0 Å². The third kappa shape index (κ3) is 2.12. The van der Waals surface area contributed by atoms with Crippen LogP contribution in [0.3, 0.4) is 0 Å². The highest BCUT2D eigenvalue weighted by Gasteiger charge is 2.57. The second kappa shape index (κ2) is 4.49. The molecule has 3 atom stereocenters. The molecule has 0 aromatic heterocycles. The van der Waals surface area contributed by atoms with E-state index in [0.29, 0.717) is 16.9 Å². The number of hydrogen-bond donors (Lipinski definition) is 1. The Balaban J connectivity index is 1.70. The van der Waals surface area contributed by atoms with Crippen molar-refractivity contribution < 1.29 is 4.74 Å². The lowest BCUT2D eigenvalue weighted by molar-refractivity contribution is -0.114. The third-order valence-electron chi connectivity index (χ3n) is 6.05. The predicted octanol–water partition coefficient (Wildman–Crippen LogP) is 3.35. The monoisotopic (exact) mass is 251 g/mol. The molecular formula is C16H29NO. The van der Waals surface area contributed by atoms with Crippen LogP contribution in [0.4, 0.5) is 0 Å². The van der Waals surface area contributed by atoms with Crippen molar-refractivity contribution in [3.8, 4) is 0 Å². The molecule has 0 heterocycles. The summed E-state index contributed by atoms with van der Waals surface area (Å²) in [5.74, 6) is 1.98. The molecule has 4 fully saturated rings. The maximum absolute atomic E-state index is 6.62. The van der Waals surface area contributed by atoms with E-state index in [2.05, 4.69) is 6.92 Å². The molecule has 2 heteroatoms. The van der Waals surface area contributed by atoms with E-state index in [-0.39, 0.29) is 0 Å². The first kappa shape index (κ1) is 12.9. The Labute approximate surface area is 112 Å². The first-order valence-corrected chi connectivity index (χ1v) is 7.80. The Morgan fingerprint density at radius 1 is 1.22 bits per heavy atom. The Morgan fingerprint density at radius 3 is 2.44 bits per heavy atom. The van der Waals surface area contributed by atoms with Crippen molar-refractivity contribution in [2.75, 3.05) is 13.7 Å². The third-order valence-corrected chi connectivity index (χ3v) is 6.05. The minimum Gasteiger partial charge on any atom is -0.385 e. The van der Waals surface area contributed by atoms with Gasteiger partial charge in [0.15, 0.2) is 0 Å². The SMILES string of the molecule is COCCCC(N)C12CC3CC(CC(C)(C3)C1)C2. The summed E-state index contributed by atoms with van der Waals surface area (Å²) in [6, 6.07) is 0.415. The highest BCUT2D eigenvalue weighted by Crippen LogP contribution is 2.66. The van der Waals surface area contributed by atoms with Crippen molar-refractivity contribution in [1.29, 1.82) is 0 Å². The molecule has 0 aromatic carbocycles. The summed E-state index contributed by atoms with van der Waals surface area (Å²) in [4.78, 5) is 0. The molecule has 4 aliphatic rings. The molecule has 4 bridgehead atoms.